The molecule has 0 aromatic heterocycles. The average molecular weight is 384 g/mol. The first-order valence-corrected chi connectivity index (χ1v) is 9.78. The third-order valence-electron chi connectivity index (χ3n) is 5.07. The van der Waals surface area contributed by atoms with Gasteiger partial charge in [0.2, 0.25) is 0 Å². The highest BCUT2D eigenvalue weighted by Gasteiger charge is 2.16. The van der Waals surface area contributed by atoms with Crippen LogP contribution in [0.15, 0.2) is 78.5 Å². The van der Waals surface area contributed by atoms with Gasteiger partial charge in [-0.3, -0.25) is 4.79 Å². The van der Waals surface area contributed by atoms with E-state index in [2.05, 4.69) is 34.9 Å². The Bertz CT molecular complexity index is 1040. The van der Waals surface area contributed by atoms with Gasteiger partial charge in [0.15, 0.2) is 0 Å². The molecular weight excluding hydrogens is 360 g/mol. The third kappa shape index (κ3) is 4.49. The minimum absolute atomic E-state index is 0.113. The van der Waals surface area contributed by atoms with Gasteiger partial charge in [0.1, 0.15) is 5.75 Å². The van der Waals surface area contributed by atoms with E-state index in [1.54, 1.807) is 13.2 Å². The summed E-state index contributed by atoms with van der Waals surface area (Å²) in [5, 5.41) is 6.44. The number of carbonyl (C=O) groups is 1. The lowest BCUT2D eigenvalue weighted by Crippen LogP contribution is -2.23. The number of nitrogens with one attached hydrogen (secondary N) is 2. The Labute approximate surface area is 171 Å². The van der Waals surface area contributed by atoms with Crippen LogP contribution in [-0.4, -0.2) is 19.6 Å². The molecule has 146 valence electrons. The molecule has 0 saturated carbocycles. The largest absolute Gasteiger partial charge is 0.495 e. The van der Waals surface area contributed by atoms with E-state index in [1.165, 1.54) is 16.7 Å². The number of hydrogen-bond acceptors (Lipinski definition) is 3. The van der Waals surface area contributed by atoms with E-state index >= 15 is 0 Å². The van der Waals surface area contributed by atoms with Crippen molar-refractivity contribution < 1.29 is 9.53 Å². The van der Waals surface area contributed by atoms with E-state index in [4.69, 9.17) is 4.74 Å². The Morgan fingerprint density at radius 2 is 1.79 bits per heavy atom. The zero-order chi connectivity index (χ0) is 20.1. The molecule has 3 aromatic carbocycles. The topological polar surface area (TPSA) is 50.4 Å². The van der Waals surface area contributed by atoms with Crippen LogP contribution in [0.3, 0.4) is 0 Å². The summed E-state index contributed by atoms with van der Waals surface area (Å²) < 4.78 is 5.45. The molecule has 3 aromatic rings. The van der Waals surface area contributed by atoms with E-state index in [0.29, 0.717) is 5.56 Å². The number of methoxy groups -OCH3 is 1. The molecule has 0 fully saturated rings. The lowest BCUT2D eigenvalue weighted by molar-refractivity contribution is 0.0965. The van der Waals surface area contributed by atoms with Crippen LogP contribution in [0, 0.1) is 0 Å². The summed E-state index contributed by atoms with van der Waals surface area (Å²) in [5.74, 6) is 0.611. The number of hydrogen-bond donors (Lipinski definition) is 2. The summed E-state index contributed by atoms with van der Waals surface area (Å²) in [6, 6.07) is 24.0. The molecule has 0 unspecified atom stereocenters. The zero-order valence-electron chi connectivity index (χ0n) is 16.4. The van der Waals surface area contributed by atoms with Crippen LogP contribution < -0.4 is 15.4 Å². The molecular formula is C25H24N2O2. The van der Waals surface area contributed by atoms with E-state index < -0.39 is 0 Å². The molecule has 1 amide bonds. The molecule has 0 heterocycles. The predicted molar refractivity (Wildman–Crippen MR) is 117 cm³/mol. The highest BCUT2D eigenvalue weighted by molar-refractivity contribution is 5.97. The molecule has 0 radical (unpaired) electrons. The van der Waals surface area contributed by atoms with Crippen LogP contribution in [0.25, 0.3) is 6.08 Å². The molecule has 0 bridgehead atoms. The van der Waals surface area contributed by atoms with Crippen LogP contribution in [0.1, 0.15) is 27.0 Å². The van der Waals surface area contributed by atoms with Gasteiger partial charge < -0.3 is 15.4 Å². The lowest BCUT2D eigenvalue weighted by atomic mass is 10.1. The number of fused-ring (bicyclic) bond motifs is 1. The standard InChI is InChI=1S/C25H24N2O2/c1-29-24-12-11-21(17-23(24)26-14-13-18-7-3-2-4-8-18)25(28)27-22-15-19-9-5-6-10-20(19)16-22/h2-12,15,17,26H,13-14,16H2,1H3,(H,27,28). The molecule has 4 heteroatoms. The molecule has 2 N–H and O–H groups in total. The Morgan fingerprint density at radius 3 is 2.59 bits per heavy atom. The van der Waals surface area contributed by atoms with Gasteiger partial charge in [-0.25, -0.2) is 0 Å². The summed E-state index contributed by atoms with van der Waals surface area (Å²) in [5.41, 5.74) is 6.01. The van der Waals surface area contributed by atoms with Crippen molar-refractivity contribution in [2.75, 3.05) is 19.0 Å². The van der Waals surface area contributed by atoms with Gasteiger partial charge in [0.05, 0.1) is 12.8 Å². The van der Waals surface area contributed by atoms with Crippen molar-refractivity contribution in [2.24, 2.45) is 0 Å². The summed E-state index contributed by atoms with van der Waals surface area (Å²) in [4.78, 5) is 12.8. The van der Waals surface area contributed by atoms with Crippen molar-refractivity contribution in [3.63, 3.8) is 0 Å². The van der Waals surface area contributed by atoms with Crippen LogP contribution in [0.4, 0.5) is 5.69 Å². The fourth-order valence-corrected chi connectivity index (χ4v) is 3.55. The Balaban J connectivity index is 1.42. The highest BCUT2D eigenvalue weighted by Crippen LogP contribution is 2.27. The second-order valence-corrected chi connectivity index (χ2v) is 7.08. The highest BCUT2D eigenvalue weighted by atomic mass is 16.5. The van der Waals surface area contributed by atoms with Gasteiger partial charge in [0.25, 0.3) is 5.91 Å². The predicted octanol–water partition coefficient (Wildman–Crippen LogP) is 4.68. The third-order valence-corrected chi connectivity index (χ3v) is 5.07. The smallest absolute Gasteiger partial charge is 0.255 e. The fraction of sp³-hybridized carbons (Fsp3) is 0.160. The molecule has 1 aliphatic carbocycles. The van der Waals surface area contributed by atoms with Gasteiger partial charge in [-0.1, -0.05) is 54.6 Å². The van der Waals surface area contributed by atoms with Gasteiger partial charge in [-0.05, 0) is 47.4 Å². The SMILES string of the molecule is COc1ccc(C(=O)NC2=Cc3ccccc3C2)cc1NCCc1ccccc1. The van der Waals surface area contributed by atoms with Crippen LogP contribution >= 0.6 is 0 Å². The number of anilines is 1. The maximum absolute atomic E-state index is 12.8. The molecule has 4 rings (SSSR count). The Hall–Kier alpha value is -3.53. The first kappa shape index (κ1) is 18.8. The van der Waals surface area contributed by atoms with Crippen molar-refractivity contribution in [3.8, 4) is 5.75 Å². The Morgan fingerprint density at radius 1 is 1.00 bits per heavy atom. The number of allylic oxidation sites excluding steroid dienone is 1. The maximum Gasteiger partial charge on any atom is 0.255 e. The van der Waals surface area contributed by atoms with Gasteiger partial charge in [-0.15, -0.1) is 0 Å². The molecule has 0 spiro atoms. The molecule has 0 saturated heterocycles. The number of amides is 1. The molecule has 0 atom stereocenters. The van der Waals surface area contributed by atoms with Crippen molar-refractivity contribution in [1.29, 1.82) is 0 Å². The zero-order valence-corrected chi connectivity index (χ0v) is 16.4. The molecule has 1 aliphatic rings. The monoisotopic (exact) mass is 384 g/mol. The Kier molecular flexibility index (Phi) is 5.61. The van der Waals surface area contributed by atoms with Crippen LogP contribution in [0.5, 0.6) is 5.75 Å². The lowest BCUT2D eigenvalue weighted by Gasteiger charge is -2.13. The minimum Gasteiger partial charge on any atom is -0.495 e. The molecule has 4 nitrogen and oxygen atoms in total. The van der Waals surface area contributed by atoms with E-state index in [-0.39, 0.29) is 5.91 Å². The summed E-state index contributed by atoms with van der Waals surface area (Å²) in [7, 11) is 1.64. The second-order valence-electron chi connectivity index (χ2n) is 7.08. The summed E-state index contributed by atoms with van der Waals surface area (Å²) >= 11 is 0. The van der Waals surface area contributed by atoms with Crippen molar-refractivity contribution in [2.45, 2.75) is 12.8 Å². The van der Waals surface area contributed by atoms with Crippen LogP contribution in [-0.2, 0) is 12.8 Å². The van der Waals surface area contributed by atoms with E-state index in [0.717, 1.165) is 36.5 Å². The van der Waals surface area contributed by atoms with Gasteiger partial charge in [0, 0.05) is 24.2 Å². The first-order chi connectivity index (χ1) is 14.2. The van der Waals surface area contributed by atoms with E-state index in [9.17, 15) is 4.79 Å². The number of benzene rings is 3. The van der Waals surface area contributed by atoms with Crippen LogP contribution in [0.2, 0.25) is 0 Å². The number of rotatable bonds is 7. The quantitative estimate of drug-likeness (QED) is 0.622. The minimum atomic E-state index is -0.113. The second kappa shape index (κ2) is 8.65. The summed E-state index contributed by atoms with van der Waals surface area (Å²) in [6.07, 6.45) is 3.68. The van der Waals surface area contributed by atoms with Crippen molar-refractivity contribution in [1.82, 2.24) is 5.32 Å². The van der Waals surface area contributed by atoms with Gasteiger partial charge in [-0.2, -0.15) is 0 Å². The number of ether oxygens (including phenoxy) is 1. The fourth-order valence-electron chi connectivity index (χ4n) is 3.55. The molecule has 0 aliphatic heterocycles. The maximum atomic E-state index is 12.8. The summed E-state index contributed by atoms with van der Waals surface area (Å²) in [6.45, 7) is 0.756. The number of carbonyl (C=O) groups excluding carboxylic acids is 1. The first-order valence-electron chi connectivity index (χ1n) is 9.78. The van der Waals surface area contributed by atoms with E-state index in [1.807, 2.05) is 48.5 Å². The normalized spacial score (nSPS) is 12.1. The van der Waals surface area contributed by atoms with Gasteiger partial charge >= 0.3 is 0 Å². The average Bonchev–Trinajstić information content (AvgIpc) is 3.16. The molecule has 29 heavy (non-hydrogen) atoms. The van der Waals surface area contributed by atoms with Crippen molar-refractivity contribution >= 4 is 17.7 Å². The van der Waals surface area contributed by atoms with Crippen molar-refractivity contribution in [3.05, 3.63) is 101 Å².